The molecule has 0 fully saturated rings. The highest BCUT2D eigenvalue weighted by atomic mass is 79.9. The topological polar surface area (TPSA) is 45.5 Å². The van der Waals surface area contributed by atoms with Crippen LogP contribution in [0, 0.1) is 0 Å². The smallest absolute Gasteiger partial charge is 0.270 e. The molecule has 1 atom stereocenters. The summed E-state index contributed by atoms with van der Waals surface area (Å²) in [6, 6.07) is 8.70. The fraction of sp³-hybridized carbons (Fsp3) is 0.312. The van der Waals surface area contributed by atoms with E-state index < -0.39 is 0 Å². The third-order valence-electron chi connectivity index (χ3n) is 3.71. The lowest BCUT2D eigenvalue weighted by molar-refractivity contribution is 0.0730. The van der Waals surface area contributed by atoms with Gasteiger partial charge in [0.2, 0.25) is 0 Å². The third kappa shape index (κ3) is 3.13. The molecule has 4 nitrogen and oxygen atoms in total. The number of carbonyl (C=O) groups is 1. The van der Waals surface area contributed by atoms with Gasteiger partial charge in [-0.15, -0.1) is 0 Å². The summed E-state index contributed by atoms with van der Waals surface area (Å²) in [5.74, 6) is 0.134. The molecule has 1 aromatic heterocycles. The van der Waals surface area contributed by atoms with E-state index in [2.05, 4.69) is 15.9 Å². The Labute approximate surface area is 133 Å². The molecule has 0 saturated carbocycles. The average molecular weight is 351 g/mol. The first-order valence-electron chi connectivity index (χ1n) is 6.86. The molecule has 1 heterocycles. The Morgan fingerprint density at radius 2 is 2.10 bits per heavy atom. The second-order valence-electron chi connectivity index (χ2n) is 4.98. The fourth-order valence-corrected chi connectivity index (χ4v) is 2.79. The molecule has 0 aliphatic carbocycles. The molecule has 2 rings (SSSR count). The van der Waals surface area contributed by atoms with Crippen molar-refractivity contribution in [2.24, 2.45) is 0 Å². The van der Waals surface area contributed by atoms with Gasteiger partial charge >= 0.3 is 0 Å². The maximum absolute atomic E-state index is 12.7. The van der Waals surface area contributed by atoms with Crippen LogP contribution in [-0.2, 0) is 6.54 Å². The van der Waals surface area contributed by atoms with Crippen molar-refractivity contribution in [1.29, 1.82) is 0 Å². The van der Waals surface area contributed by atoms with Crippen LogP contribution in [0.15, 0.2) is 41.0 Å². The largest absolute Gasteiger partial charge is 0.508 e. The lowest BCUT2D eigenvalue weighted by atomic mass is 10.1. The molecule has 21 heavy (non-hydrogen) atoms. The number of benzene rings is 1. The number of aromatic nitrogens is 1. The molecule has 1 unspecified atom stereocenters. The zero-order valence-electron chi connectivity index (χ0n) is 12.4. The van der Waals surface area contributed by atoms with Crippen LogP contribution in [0.2, 0.25) is 0 Å². The van der Waals surface area contributed by atoms with Gasteiger partial charge in [0.1, 0.15) is 11.4 Å². The number of amides is 1. The summed E-state index contributed by atoms with van der Waals surface area (Å²) >= 11 is 3.40. The van der Waals surface area contributed by atoms with Crippen molar-refractivity contribution in [1.82, 2.24) is 9.47 Å². The first-order chi connectivity index (χ1) is 9.95. The van der Waals surface area contributed by atoms with Crippen LogP contribution in [0.5, 0.6) is 5.75 Å². The number of para-hydroxylation sites is 1. The predicted octanol–water partition coefficient (Wildman–Crippen LogP) is 3.81. The Kier molecular flexibility index (Phi) is 4.73. The van der Waals surface area contributed by atoms with Gasteiger partial charge in [0.05, 0.1) is 6.04 Å². The van der Waals surface area contributed by atoms with Gasteiger partial charge in [-0.3, -0.25) is 4.79 Å². The fourth-order valence-electron chi connectivity index (χ4n) is 2.32. The molecule has 2 aromatic rings. The highest BCUT2D eigenvalue weighted by molar-refractivity contribution is 9.10. The molecule has 5 heteroatoms. The Balaban J connectivity index is 2.28. The van der Waals surface area contributed by atoms with Gasteiger partial charge < -0.3 is 14.6 Å². The van der Waals surface area contributed by atoms with Crippen molar-refractivity contribution in [3.63, 3.8) is 0 Å². The Morgan fingerprint density at radius 3 is 2.71 bits per heavy atom. The van der Waals surface area contributed by atoms with Crippen molar-refractivity contribution in [3.8, 4) is 5.75 Å². The summed E-state index contributed by atoms with van der Waals surface area (Å²) in [6.45, 7) is 4.63. The predicted molar refractivity (Wildman–Crippen MR) is 86.4 cm³/mol. The zero-order valence-corrected chi connectivity index (χ0v) is 14.0. The highest BCUT2D eigenvalue weighted by Crippen LogP contribution is 2.28. The number of hydrogen-bond acceptors (Lipinski definition) is 2. The van der Waals surface area contributed by atoms with E-state index in [9.17, 15) is 9.90 Å². The second-order valence-corrected chi connectivity index (χ2v) is 5.90. The number of aromatic hydroxyl groups is 1. The number of halogens is 1. The SMILES string of the molecule is CCn1cc(Br)cc1C(=O)N(C)C(C)c1ccccc1O. The number of phenolic OH excluding ortho intramolecular Hbond substituents is 1. The number of nitrogens with zero attached hydrogens (tertiary/aromatic N) is 2. The molecule has 1 N–H and O–H groups in total. The number of aryl methyl sites for hydroxylation is 1. The van der Waals surface area contributed by atoms with Gasteiger partial charge in [0.15, 0.2) is 0 Å². The van der Waals surface area contributed by atoms with Gasteiger partial charge in [-0.1, -0.05) is 18.2 Å². The van der Waals surface area contributed by atoms with Crippen molar-refractivity contribution < 1.29 is 9.90 Å². The molecular weight excluding hydrogens is 332 g/mol. The summed E-state index contributed by atoms with van der Waals surface area (Å²) in [5, 5.41) is 9.94. The first-order valence-corrected chi connectivity index (χ1v) is 7.65. The van der Waals surface area contributed by atoms with Crippen LogP contribution in [0.3, 0.4) is 0 Å². The van der Waals surface area contributed by atoms with E-state index in [1.165, 1.54) is 0 Å². The molecule has 0 aliphatic heterocycles. The summed E-state index contributed by atoms with van der Waals surface area (Å²) in [5.41, 5.74) is 1.37. The van der Waals surface area contributed by atoms with E-state index in [0.29, 0.717) is 5.69 Å². The average Bonchev–Trinajstić information content (AvgIpc) is 2.86. The van der Waals surface area contributed by atoms with Gasteiger partial charge in [0, 0.05) is 29.8 Å². The number of phenols is 1. The minimum atomic E-state index is -0.210. The van der Waals surface area contributed by atoms with Crippen molar-refractivity contribution in [3.05, 3.63) is 52.3 Å². The first kappa shape index (κ1) is 15.6. The van der Waals surface area contributed by atoms with E-state index >= 15 is 0 Å². The van der Waals surface area contributed by atoms with Gasteiger partial charge in [0.25, 0.3) is 5.91 Å². The van der Waals surface area contributed by atoms with Gasteiger partial charge in [-0.2, -0.15) is 0 Å². The highest BCUT2D eigenvalue weighted by Gasteiger charge is 2.23. The number of hydrogen-bond donors (Lipinski definition) is 1. The van der Waals surface area contributed by atoms with Crippen LogP contribution >= 0.6 is 15.9 Å². The minimum absolute atomic E-state index is 0.0710. The van der Waals surface area contributed by atoms with Crippen LogP contribution in [0.25, 0.3) is 0 Å². The van der Waals surface area contributed by atoms with E-state index in [0.717, 1.165) is 16.6 Å². The minimum Gasteiger partial charge on any atom is -0.508 e. The van der Waals surface area contributed by atoms with Crippen molar-refractivity contribution >= 4 is 21.8 Å². The molecule has 0 aliphatic rings. The standard InChI is InChI=1S/C16H19BrN2O2/c1-4-19-10-12(17)9-14(19)16(21)18(3)11(2)13-7-5-6-8-15(13)20/h5-11,20H,4H2,1-3H3. The molecule has 0 spiro atoms. The van der Waals surface area contributed by atoms with Crippen LogP contribution in [0.4, 0.5) is 0 Å². The van der Waals surface area contributed by atoms with E-state index in [1.54, 1.807) is 24.1 Å². The van der Waals surface area contributed by atoms with E-state index in [1.807, 2.05) is 42.8 Å². The molecular formula is C16H19BrN2O2. The Hall–Kier alpha value is -1.75. The van der Waals surface area contributed by atoms with E-state index in [-0.39, 0.29) is 17.7 Å². The normalized spacial score (nSPS) is 12.2. The Bertz CT molecular complexity index is 651. The lowest BCUT2D eigenvalue weighted by Crippen LogP contribution is -2.31. The summed E-state index contributed by atoms with van der Waals surface area (Å²) in [7, 11) is 1.75. The van der Waals surface area contributed by atoms with Crippen LogP contribution in [-0.4, -0.2) is 27.5 Å². The summed E-state index contributed by atoms with van der Waals surface area (Å²) in [6.07, 6.45) is 1.89. The van der Waals surface area contributed by atoms with Gasteiger partial charge in [-0.25, -0.2) is 0 Å². The molecule has 0 saturated heterocycles. The maximum Gasteiger partial charge on any atom is 0.270 e. The number of carbonyl (C=O) groups excluding carboxylic acids is 1. The molecule has 1 aromatic carbocycles. The third-order valence-corrected chi connectivity index (χ3v) is 4.14. The second kappa shape index (κ2) is 6.35. The number of rotatable bonds is 4. The maximum atomic E-state index is 12.7. The molecule has 0 bridgehead atoms. The summed E-state index contributed by atoms with van der Waals surface area (Å²) < 4.78 is 2.79. The molecule has 1 amide bonds. The van der Waals surface area contributed by atoms with Gasteiger partial charge in [-0.05, 0) is 41.9 Å². The molecule has 112 valence electrons. The zero-order chi connectivity index (χ0) is 15.6. The lowest BCUT2D eigenvalue weighted by Gasteiger charge is -2.26. The molecule has 0 radical (unpaired) electrons. The van der Waals surface area contributed by atoms with Crippen LogP contribution < -0.4 is 0 Å². The Morgan fingerprint density at radius 1 is 1.43 bits per heavy atom. The monoisotopic (exact) mass is 350 g/mol. The summed E-state index contributed by atoms with van der Waals surface area (Å²) in [4.78, 5) is 14.3. The quantitative estimate of drug-likeness (QED) is 0.911. The van der Waals surface area contributed by atoms with Crippen molar-refractivity contribution in [2.45, 2.75) is 26.4 Å². The van der Waals surface area contributed by atoms with E-state index in [4.69, 9.17) is 0 Å². The van der Waals surface area contributed by atoms with Crippen LogP contribution in [0.1, 0.15) is 35.9 Å². The van der Waals surface area contributed by atoms with Crippen molar-refractivity contribution in [2.75, 3.05) is 7.05 Å².